The second-order valence-electron chi connectivity index (χ2n) is 1.83. The van der Waals surface area contributed by atoms with Crippen molar-refractivity contribution in [3.63, 3.8) is 0 Å². The standard InChI is InChI=1S/C6H9ClO4.Cs/c7-3-1-2-6(10)11-4-5(8)9;/h1-4H2,(H,8,9);/q;+1/p-1. The quantitative estimate of drug-likeness (QED) is 0.387. The molecule has 0 aliphatic carbocycles. The van der Waals surface area contributed by atoms with Crippen molar-refractivity contribution >= 4 is 23.5 Å². The fourth-order valence-electron chi connectivity index (χ4n) is 0.423. The maximum Gasteiger partial charge on any atom is 1.00 e. The Bertz CT molecular complexity index is 150. The number of alkyl halides is 1. The number of rotatable bonds is 5. The van der Waals surface area contributed by atoms with Crippen LogP contribution in [0.5, 0.6) is 0 Å². The molecule has 0 amide bonds. The first-order chi connectivity index (χ1) is 5.16. The van der Waals surface area contributed by atoms with Gasteiger partial charge in [0.2, 0.25) is 0 Å². The van der Waals surface area contributed by atoms with Crippen LogP contribution in [-0.2, 0) is 14.3 Å². The smallest absolute Gasteiger partial charge is 0.546 e. The van der Waals surface area contributed by atoms with Crippen LogP contribution in [0.1, 0.15) is 12.8 Å². The number of esters is 1. The SMILES string of the molecule is O=C([O-])COC(=O)CCCCl.[Cs+]. The summed E-state index contributed by atoms with van der Waals surface area (Å²) in [6.07, 6.45) is 0.643. The Labute approximate surface area is 134 Å². The fraction of sp³-hybridized carbons (Fsp3) is 0.667. The molecule has 0 rings (SSSR count). The van der Waals surface area contributed by atoms with Crippen LogP contribution in [0, 0.1) is 0 Å². The molecule has 0 unspecified atom stereocenters. The molecule has 0 bridgehead atoms. The number of carboxylic acid groups (broad SMARTS) is 1. The minimum atomic E-state index is -1.40. The van der Waals surface area contributed by atoms with Crippen molar-refractivity contribution in [3.8, 4) is 0 Å². The molecular weight excluding hydrogens is 304 g/mol. The van der Waals surface area contributed by atoms with E-state index in [2.05, 4.69) is 4.74 Å². The molecule has 0 aromatic carbocycles. The number of carboxylic acids is 1. The number of carbonyl (C=O) groups is 2. The van der Waals surface area contributed by atoms with E-state index in [1.165, 1.54) is 0 Å². The van der Waals surface area contributed by atoms with Gasteiger partial charge < -0.3 is 14.6 Å². The summed E-state index contributed by atoms with van der Waals surface area (Å²) < 4.78 is 4.25. The maximum atomic E-state index is 10.5. The van der Waals surface area contributed by atoms with Crippen molar-refractivity contribution in [3.05, 3.63) is 0 Å². The number of aliphatic carboxylic acids is 1. The van der Waals surface area contributed by atoms with E-state index in [1.807, 2.05) is 0 Å². The van der Waals surface area contributed by atoms with Gasteiger partial charge >= 0.3 is 74.9 Å². The first-order valence-electron chi connectivity index (χ1n) is 3.08. The molecule has 0 atom stereocenters. The third-order valence-electron chi connectivity index (χ3n) is 0.866. The van der Waals surface area contributed by atoms with Crippen molar-refractivity contribution in [2.24, 2.45) is 0 Å². The van der Waals surface area contributed by atoms with Gasteiger partial charge in [0.15, 0.2) is 0 Å². The second kappa shape index (κ2) is 10.4. The Balaban J connectivity index is 0. The molecule has 0 aromatic heterocycles. The Kier molecular flexibility index (Phi) is 13.6. The largest absolute Gasteiger partial charge is 1.00 e. The molecular formula is C6H8ClCsO4. The maximum absolute atomic E-state index is 10.5. The molecule has 4 nitrogen and oxygen atoms in total. The molecule has 64 valence electrons. The monoisotopic (exact) mass is 312 g/mol. The van der Waals surface area contributed by atoms with Gasteiger partial charge in [0.25, 0.3) is 0 Å². The van der Waals surface area contributed by atoms with Crippen molar-refractivity contribution in [1.82, 2.24) is 0 Å². The summed E-state index contributed by atoms with van der Waals surface area (Å²) in [4.78, 5) is 20.3. The summed E-state index contributed by atoms with van der Waals surface area (Å²) in [7, 11) is 0. The minimum Gasteiger partial charge on any atom is -0.546 e. The fourth-order valence-corrected chi connectivity index (χ4v) is 0.556. The summed E-state index contributed by atoms with van der Waals surface area (Å²) in [6.45, 7) is -0.679. The molecule has 0 N–H and O–H groups in total. The van der Waals surface area contributed by atoms with Gasteiger partial charge in [0.05, 0.1) is 5.97 Å². The molecule has 0 aliphatic rings. The van der Waals surface area contributed by atoms with Crippen LogP contribution in [0.15, 0.2) is 0 Å². The predicted molar refractivity (Wildman–Crippen MR) is 35.9 cm³/mol. The Morgan fingerprint density at radius 3 is 2.42 bits per heavy atom. The van der Waals surface area contributed by atoms with E-state index in [-0.39, 0.29) is 75.3 Å². The Morgan fingerprint density at radius 2 is 2.00 bits per heavy atom. The van der Waals surface area contributed by atoms with Crippen molar-refractivity contribution in [1.29, 1.82) is 0 Å². The molecule has 0 heterocycles. The van der Waals surface area contributed by atoms with Gasteiger partial charge in [-0.3, -0.25) is 4.79 Å². The Morgan fingerprint density at radius 1 is 1.42 bits per heavy atom. The van der Waals surface area contributed by atoms with Gasteiger partial charge in [-0.05, 0) is 6.42 Å². The molecule has 0 fully saturated rings. The molecule has 6 heteroatoms. The summed E-state index contributed by atoms with van der Waals surface area (Å²) in [5.74, 6) is -1.60. The van der Waals surface area contributed by atoms with Gasteiger partial charge in [0.1, 0.15) is 6.61 Å². The van der Waals surface area contributed by atoms with Gasteiger partial charge in [0, 0.05) is 12.3 Å². The second-order valence-corrected chi connectivity index (χ2v) is 2.20. The van der Waals surface area contributed by atoms with Crippen LogP contribution in [0.3, 0.4) is 0 Å². The van der Waals surface area contributed by atoms with E-state index in [0.717, 1.165) is 0 Å². The molecule has 0 saturated carbocycles. The van der Waals surface area contributed by atoms with Crippen LogP contribution in [-0.4, -0.2) is 24.4 Å². The van der Waals surface area contributed by atoms with E-state index >= 15 is 0 Å². The van der Waals surface area contributed by atoms with Crippen LogP contribution >= 0.6 is 11.6 Å². The van der Waals surface area contributed by atoms with Crippen molar-refractivity contribution < 1.29 is 88.3 Å². The number of halogens is 1. The van der Waals surface area contributed by atoms with Crippen molar-refractivity contribution in [2.75, 3.05) is 12.5 Å². The zero-order chi connectivity index (χ0) is 8.69. The summed E-state index contributed by atoms with van der Waals surface area (Å²) in [5, 5.41) is 9.76. The number of ether oxygens (including phenoxy) is 1. The van der Waals surface area contributed by atoms with Crippen LogP contribution in [0.4, 0.5) is 0 Å². The van der Waals surface area contributed by atoms with E-state index in [4.69, 9.17) is 11.6 Å². The topological polar surface area (TPSA) is 66.4 Å². The molecule has 0 aromatic rings. The third kappa shape index (κ3) is 11.3. The summed E-state index contributed by atoms with van der Waals surface area (Å²) >= 11 is 5.27. The number of carbonyl (C=O) groups excluding carboxylic acids is 2. The van der Waals surface area contributed by atoms with Crippen LogP contribution < -0.4 is 74.0 Å². The summed E-state index contributed by atoms with van der Waals surface area (Å²) in [6, 6.07) is 0. The van der Waals surface area contributed by atoms with Gasteiger partial charge in [-0.25, -0.2) is 0 Å². The zero-order valence-electron chi connectivity index (χ0n) is 6.84. The van der Waals surface area contributed by atoms with Crippen LogP contribution in [0.25, 0.3) is 0 Å². The first kappa shape index (κ1) is 15.7. The van der Waals surface area contributed by atoms with Gasteiger partial charge in [-0.1, -0.05) is 0 Å². The number of hydrogen-bond acceptors (Lipinski definition) is 4. The molecule has 0 saturated heterocycles. The molecule has 0 aliphatic heterocycles. The van der Waals surface area contributed by atoms with Gasteiger partial charge in [-0.15, -0.1) is 11.6 Å². The first-order valence-corrected chi connectivity index (χ1v) is 3.61. The molecule has 12 heavy (non-hydrogen) atoms. The third-order valence-corrected chi connectivity index (χ3v) is 1.13. The average molecular weight is 312 g/mol. The van der Waals surface area contributed by atoms with E-state index < -0.39 is 18.5 Å². The normalized spacial score (nSPS) is 8.42. The minimum absolute atomic E-state index is 0. The number of hydrogen-bond donors (Lipinski definition) is 0. The average Bonchev–Trinajstić information content (AvgIpc) is 1.97. The van der Waals surface area contributed by atoms with Gasteiger partial charge in [-0.2, -0.15) is 0 Å². The van der Waals surface area contributed by atoms with Crippen molar-refractivity contribution in [2.45, 2.75) is 12.8 Å². The predicted octanol–water partition coefficient (Wildman–Crippen LogP) is -3.70. The molecule has 0 radical (unpaired) electrons. The summed E-state index contributed by atoms with van der Waals surface area (Å²) in [5.41, 5.74) is 0. The molecule has 0 spiro atoms. The van der Waals surface area contributed by atoms with E-state index in [0.29, 0.717) is 12.3 Å². The van der Waals surface area contributed by atoms with E-state index in [9.17, 15) is 14.7 Å². The van der Waals surface area contributed by atoms with Crippen LogP contribution in [0.2, 0.25) is 0 Å². The zero-order valence-corrected chi connectivity index (χ0v) is 13.9. The Hall–Kier alpha value is 1.28. The van der Waals surface area contributed by atoms with E-state index in [1.54, 1.807) is 0 Å².